The maximum atomic E-state index is 13.1. The summed E-state index contributed by atoms with van der Waals surface area (Å²) in [6.45, 7) is 2.18. The quantitative estimate of drug-likeness (QED) is 0.862. The lowest BCUT2D eigenvalue weighted by Crippen LogP contribution is -2.37. The lowest BCUT2D eigenvalue weighted by atomic mass is 10.1. The van der Waals surface area contributed by atoms with Crippen molar-refractivity contribution in [2.45, 2.75) is 19.7 Å². The molecule has 0 bridgehead atoms. The highest BCUT2D eigenvalue weighted by Crippen LogP contribution is 2.30. The number of hydrogen-bond acceptors (Lipinski definition) is 2. The molecule has 1 amide bonds. The molecule has 4 heteroatoms. The molecular weight excluding hydrogens is 281 g/mol. The third-order valence-electron chi connectivity index (χ3n) is 3.54. The Morgan fingerprint density at radius 2 is 1.77 bits per heavy atom. The van der Waals surface area contributed by atoms with Gasteiger partial charge in [-0.2, -0.15) is 0 Å². The van der Waals surface area contributed by atoms with E-state index in [2.05, 4.69) is 0 Å². The van der Waals surface area contributed by atoms with Gasteiger partial charge >= 0.3 is 0 Å². The monoisotopic (exact) mass is 297 g/mol. The zero-order chi connectivity index (χ0) is 15.5. The molecule has 2 aromatic rings. The average molecular weight is 297 g/mol. The van der Waals surface area contributed by atoms with Crippen LogP contribution in [0.3, 0.4) is 0 Å². The maximum Gasteiger partial charge on any atom is 0.253 e. The van der Waals surface area contributed by atoms with E-state index in [0.29, 0.717) is 12.3 Å². The molecule has 1 aliphatic heterocycles. The summed E-state index contributed by atoms with van der Waals surface area (Å²) in [5.74, 6) is 0.137. The van der Waals surface area contributed by atoms with E-state index >= 15 is 0 Å². The fourth-order valence-electron chi connectivity index (χ4n) is 2.46. The number of nitrogens with zero attached hydrogens (tertiary/aromatic N) is 1. The van der Waals surface area contributed by atoms with Crippen LogP contribution in [-0.2, 0) is 16.1 Å². The van der Waals surface area contributed by atoms with Crippen LogP contribution in [0.4, 0.5) is 4.39 Å². The number of amides is 1. The van der Waals surface area contributed by atoms with Gasteiger partial charge < -0.3 is 4.74 Å². The molecule has 1 unspecified atom stereocenters. The largest absolute Gasteiger partial charge is 0.471 e. The van der Waals surface area contributed by atoms with E-state index in [4.69, 9.17) is 4.74 Å². The van der Waals surface area contributed by atoms with Crippen molar-refractivity contribution < 1.29 is 13.9 Å². The van der Waals surface area contributed by atoms with Gasteiger partial charge in [-0.25, -0.2) is 4.39 Å². The van der Waals surface area contributed by atoms with Gasteiger partial charge in [0.1, 0.15) is 11.6 Å². The standard InChI is InChI=1S/C18H16FNO2/c1-13-11-17(21)20(12-14-5-3-2-4-6-14)18(22-13)15-7-9-16(19)10-8-15/h2-11,18H,12H2,1H3. The molecule has 2 aromatic carbocycles. The summed E-state index contributed by atoms with van der Waals surface area (Å²) in [6.07, 6.45) is 0.932. The summed E-state index contributed by atoms with van der Waals surface area (Å²) >= 11 is 0. The van der Waals surface area contributed by atoms with Crippen LogP contribution in [0, 0.1) is 5.82 Å². The third kappa shape index (κ3) is 3.01. The number of hydrogen-bond donors (Lipinski definition) is 0. The molecule has 1 atom stereocenters. The van der Waals surface area contributed by atoms with Gasteiger partial charge in [0.2, 0.25) is 6.23 Å². The molecule has 0 fully saturated rings. The van der Waals surface area contributed by atoms with Gasteiger partial charge in [0.25, 0.3) is 5.91 Å². The second kappa shape index (κ2) is 6.02. The van der Waals surface area contributed by atoms with E-state index in [1.54, 1.807) is 24.0 Å². The van der Waals surface area contributed by atoms with Gasteiger partial charge in [0.05, 0.1) is 0 Å². The van der Waals surface area contributed by atoms with Crippen LogP contribution in [0.1, 0.15) is 24.3 Å². The minimum absolute atomic E-state index is 0.109. The van der Waals surface area contributed by atoms with Crippen molar-refractivity contribution in [2.24, 2.45) is 0 Å². The van der Waals surface area contributed by atoms with Gasteiger partial charge in [-0.15, -0.1) is 0 Å². The van der Waals surface area contributed by atoms with E-state index in [-0.39, 0.29) is 11.7 Å². The number of rotatable bonds is 3. The van der Waals surface area contributed by atoms with Crippen molar-refractivity contribution in [1.82, 2.24) is 4.90 Å². The topological polar surface area (TPSA) is 29.5 Å². The average Bonchev–Trinajstić information content (AvgIpc) is 2.52. The molecule has 1 heterocycles. The lowest BCUT2D eigenvalue weighted by molar-refractivity contribution is -0.143. The lowest BCUT2D eigenvalue weighted by Gasteiger charge is -2.35. The Bertz CT molecular complexity index is 695. The Labute approximate surface area is 128 Å². The Morgan fingerprint density at radius 1 is 1.09 bits per heavy atom. The van der Waals surface area contributed by atoms with E-state index < -0.39 is 6.23 Å². The van der Waals surface area contributed by atoms with Crippen LogP contribution in [0.25, 0.3) is 0 Å². The Morgan fingerprint density at radius 3 is 2.45 bits per heavy atom. The van der Waals surface area contributed by atoms with Crippen molar-refractivity contribution in [3.8, 4) is 0 Å². The number of benzene rings is 2. The summed E-state index contributed by atoms with van der Waals surface area (Å²) in [4.78, 5) is 14.0. The highest BCUT2D eigenvalue weighted by atomic mass is 19.1. The van der Waals surface area contributed by atoms with Crippen LogP contribution in [-0.4, -0.2) is 10.8 Å². The fourth-order valence-corrected chi connectivity index (χ4v) is 2.46. The summed E-state index contributed by atoms with van der Waals surface area (Å²) < 4.78 is 18.9. The van der Waals surface area contributed by atoms with Crippen LogP contribution < -0.4 is 0 Å². The van der Waals surface area contributed by atoms with Crippen LogP contribution in [0.2, 0.25) is 0 Å². The highest BCUT2D eigenvalue weighted by Gasteiger charge is 2.30. The SMILES string of the molecule is CC1=CC(=O)N(Cc2ccccc2)C(c2ccc(F)cc2)O1. The van der Waals surface area contributed by atoms with E-state index in [1.165, 1.54) is 18.2 Å². The Balaban J connectivity index is 1.92. The summed E-state index contributed by atoms with van der Waals surface area (Å²) in [5.41, 5.74) is 1.76. The highest BCUT2D eigenvalue weighted by molar-refractivity contribution is 5.88. The van der Waals surface area contributed by atoms with Gasteiger partial charge in [-0.3, -0.25) is 9.69 Å². The van der Waals surface area contributed by atoms with Crippen molar-refractivity contribution in [3.05, 3.63) is 83.4 Å². The Hall–Kier alpha value is -2.62. The van der Waals surface area contributed by atoms with Crippen LogP contribution in [0.15, 0.2) is 66.4 Å². The van der Waals surface area contributed by atoms with E-state index in [0.717, 1.165) is 11.1 Å². The minimum Gasteiger partial charge on any atom is -0.471 e. The van der Waals surface area contributed by atoms with Gasteiger partial charge in [0, 0.05) is 18.2 Å². The first-order valence-electron chi connectivity index (χ1n) is 7.08. The molecule has 0 N–H and O–H groups in total. The maximum absolute atomic E-state index is 13.1. The number of carbonyl (C=O) groups is 1. The molecule has 112 valence electrons. The zero-order valence-electron chi connectivity index (χ0n) is 12.2. The second-order valence-corrected chi connectivity index (χ2v) is 5.23. The number of ether oxygens (including phenoxy) is 1. The molecule has 0 spiro atoms. The van der Waals surface area contributed by atoms with Crippen LogP contribution in [0.5, 0.6) is 0 Å². The molecule has 3 rings (SSSR count). The summed E-state index contributed by atoms with van der Waals surface area (Å²) in [7, 11) is 0. The van der Waals surface area contributed by atoms with Crippen molar-refractivity contribution in [2.75, 3.05) is 0 Å². The molecule has 1 aliphatic rings. The first kappa shape index (κ1) is 14.3. The zero-order valence-corrected chi connectivity index (χ0v) is 12.2. The summed E-state index contributed by atoms with van der Waals surface area (Å²) in [6, 6.07) is 15.7. The van der Waals surface area contributed by atoms with E-state index in [9.17, 15) is 9.18 Å². The van der Waals surface area contributed by atoms with Crippen molar-refractivity contribution in [3.63, 3.8) is 0 Å². The molecule has 0 saturated heterocycles. The molecule has 3 nitrogen and oxygen atoms in total. The predicted molar refractivity (Wildman–Crippen MR) is 81.0 cm³/mol. The predicted octanol–water partition coefficient (Wildman–Crippen LogP) is 3.79. The minimum atomic E-state index is -0.543. The molecule has 0 saturated carbocycles. The Kier molecular flexibility index (Phi) is 3.92. The molecular formula is C18H16FNO2. The number of carbonyl (C=O) groups excluding carboxylic acids is 1. The first-order valence-corrected chi connectivity index (χ1v) is 7.08. The second-order valence-electron chi connectivity index (χ2n) is 5.23. The van der Waals surface area contributed by atoms with E-state index in [1.807, 2.05) is 30.3 Å². The number of allylic oxidation sites excluding steroid dienone is 1. The third-order valence-corrected chi connectivity index (χ3v) is 3.54. The van der Waals surface area contributed by atoms with Gasteiger partial charge in [-0.05, 0) is 24.6 Å². The van der Waals surface area contributed by atoms with Gasteiger partial charge in [-0.1, -0.05) is 42.5 Å². The van der Waals surface area contributed by atoms with Crippen molar-refractivity contribution >= 4 is 5.91 Å². The summed E-state index contributed by atoms with van der Waals surface area (Å²) in [5, 5.41) is 0. The molecule has 0 radical (unpaired) electrons. The molecule has 0 aliphatic carbocycles. The fraction of sp³-hybridized carbons (Fsp3) is 0.167. The van der Waals surface area contributed by atoms with Crippen molar-refractivity contribution in [1.29, 1.82) is 0 Å². The number of halogens is 1. The normalized spacial score (nSPS) is 17.9. The first-order chi connectivity index (χ1) is 10.6. The smallest absolute Gasteiger partial charge is 0.253 e. The molecule has 22 heavy (non-hydrogen) atoms. The van der Waals surface area contributed by atoms with Gasteiger partial charge in [0.15, 0.2) is 0 Å². The molecule has 0 aromatic heterocycles. The van der Waals surface area contributed by atoms with Crippen LogP contribution >= 0.6 is 0 Å².